The van der Waals surface area contributed by atoms with E-state index in [1.165, 1.54) is 12.5 Å². The molecule has 3 rings (SSSR count). The van der Waals surface area contributed by atoms with E-state index < -0.39 is 0 Å². The fourth-order valence-electron chi connectivity index (χ4n) is 2.15. The van der Waals surface area contributed by atoms with Crippen LogP contribution in [0.3, 0.4) is 0 Å². The van der Waals surface area contributed by atoms with Crippen LogP contribution in [0.4, 0.5) is 4.39 Å². The third kappa shape index (κ3) is 3.00. The number of hydrogen-bond donors (Lipinski definition) is 1. The molecular formula is C15H15FN4O. The Bertz CT molecular complexity index is 721. The highest BCUT2D eigenvalue weighted by Gasteiger charge is 2.07. The van der Waals surface area contributed by atoms with Gasteiger partial charge in [-0.2, -0.15) is 0 Å². The second-order valence-electron chi connectivity index (χ2n) is 4.71. The summed E-state index contributed by atoms with van der Waals surface area (Å²) >= 11 is 0. The predicted molar refractivity (Wildman–Crippen MR) is 75.3 cm³/mol. The molecule has 2 heterocycles. The standard InChI is InChI=1S/C15H15FN4O/c1-11-18-4-5-20(11)15-3-2-12(6-14(15)16)7-17-8-13-9-21-10-19-13/h2-6,9-10,17H,7-8H2,1H3. The highest BCUT2D eigenvalue weighted by atomic mass is 19.1. The lowest BCUT2D eigenvalue weighted by molar-refractivity contribution is 0.554. The first-order chi connectivity index (χ1) is 10.2. The summed E-state index contributed by atoms with van der Waals surface area (Å²) < 4.78 is 20.8. The monoisotopic (exact) mass is 286 g/mol. The molecule has 0 atom stereocenters. The molecule has 6 heteroatoms. The SMILES string of the molecule is Cc1nccn1-c1ccc(CNCc2cocn2)cc1F. The molecule has 0 unspecified atom stereocenters. The second kappa shape index (κ2) is 5.88. The van der Waals surface area contributed by atoms with Crippen LogP contribution in [0.1, 0.15) is 17.1 Å². The zero-order valence-corrected chi connectivity index (χ0v) is 11.6. The van der Waals surface area contributed by atoms with Gasteiger partial charge in [-0.25, -0.2) is 14.4 Å². The summed E-state index contributed by atoms with van der Waals surface area (Å²) in [5.74, 6) is 0.489. The number of oxazole rings is 1. The summed E-state index contributed by atoms with van der Waals surface area (Å²) in [6, 6.07) is 5.19. The van der Waals surface area contributed by atoms with E-state index in [-0.39, 0.29) is 5.82 Å². The Morgan fingerprint density at radius 1 is 1.29 bits per heavy atom. The molecule has 21 heavy (non-hydrogen) atoms. The van der Waals surface area contributed by atoms with Crippen LogP contribution in [-0.2, 0) is 13.1 Å². The van der Waals surface area contributed by atoms with Crippen molar-refractivity contribution in [3.05, 3.63) is 66.1 Å². The molecule has 0 saturated heterocycles. The Morgan fingerprint density at radius 3 is 2.86 bits per heavy atom. The molecule has 2 aromatic heterocycles. The van der Waals surface area contributed by atoms with Crippen molar-refractivity contribution in [2.45, 2.75) is 20.0 Å². The molecule has 108 valence electrons. The number of nitrogens with one attached hydrogen (secondary N) is 1. The maximum Gasteiger partial charge on any atom is 0.180 e. The molecular weight excluding hydrogens is 271 g/mol. The van der Waals surface area contributed by atoms with Crippen LogP contribution < -0.4 is 5.32 Å². The molecule has 0 spiro atoms. The quantitative estimate of drug-likeness (QED) is 0.783. The maximum absolute atomic E-state index is 14.2. The van der Waals surface area contributed by atoms with E-state index in [1.807, 2.05) is 13.0 Å². The van der Waals surface area contributed by atoms with E-state index in [9.17, 15) is 4.39 Å². The summed E-state index contributed by atoms with van der Waals surface area (Å²) in [4.78, 5) is 8.11. The number of imidazole rings is 1. The van der Waals surface area contributed by atoms with E-state index in [2.05, 4.69) is 15.3 Å². The Morgan fingerprint density at radius 2 is 2.19 bits per heavy atom. The smallest absolute Gasteiger partial charge is 0.180 e. The Hall–Kier alpha value is -2.47. The van der Waals surface area contributed by atoms with Crippen LogP contribution in [0.5, 0.6) is 0 Å². The van der Waals surface area contributed by atoms with Gasteiger partial charge in [0.05, 0.1) is 11.4 Å². The van der Waals surface area contributed by atoms with Crippen molar-refractivity contribution in [1.82, 2.24) is 19.9 Å². The Kier molecular flexibility index (Phi) is 3.79. The van der Waals surface area contributed by atoms with Crippen LogP contribution in [0, 0.1) is 12.7 Å². The number of hydrogen-bond acceptors (Lipinski definition) is 4. The molecule has 0 fully saturated rings. The van der Waals surface area contributed by atoms with Crippen molar-refractivity contribution in [2.75, 3.05) is 0 Å². The minimum Gasteiger partial charge on any atom is -0.451 e. The molecule has 0 aliphatic carbocycles. The lowest BCUT2D eigenvalue weighted by atomic mass is 10.2. The van der Waals surface area contributed by atoms with Gasteiger partial charge in [0.2, 0.25) is 0 Å². The van der Waals surface area contributed by atoms with Gasteiger partial charge in [0.1, 0.15) is 17.9 Å². The summed E-state index contributed by atoms with van der Waals surface area (Å²) in [6.07, 6.45) is 6.37. The topological polar surface area (TPSA) is 55.9 Å². The zero-order chi connectivity index (χ0) is 14.7. The van der Waals surface area contributed by atoms with Crippen molar-refractivity contribution in [2.24, 2.45) is 0 Å². The van der Waals surface area contributed by atoms with Crippen molar-refractivity contribution in [3.8, 4) is 5.69 Å². The summed E-state index contributed by atoms with van der Waals surface area (Å²) in [5.41, 5.74) is 2.20. The van der Waals surface area contributed by atoms with Crippen LogP contribution >= 0.6 is 0 Å². The number of benzene rings is 1. The van der Waals surface area contributed by atoms with Gasteiger partial charge in [-0.1, -0.05) is 6.07 Å². The van der Waals surface area contributed by atoms with E-state index in [0.717, 1.165) is 17.1 Å². The summed E-state index contributed by atoms with van der Waals surface area (Å²) in [7, 11) is 0. The van der Waals surface area contributed by atoms with Crippen molar-refractivity contribution < 1.29 is 8.81 Å². The van der Waals surface area contributed by atoms with E-state index in [4.69, 9.17) is 4.42 Å². The molecule has 5 nitrogen and oxygen atoms in total. The lowest BCUT2D eigenvalue weighted by Gasteiger charge is -2.09. The van der Waals surface area contributed by atoms with Crippen LogP contribution in [0.2, 0.25) is 0 Å². The normalized spacial score (nSPS) is 11.0. The minimum atomic E-state index is -0.267. The molecule has 0 aliphatic heterocycles. The molecule has 1 N–H and O–H groups in total. The number of nitrogens with zero attached hydrogens (tertiary/aromatic N) is 3. The fourth-order valence-corrected chi connectivity index (χ4v) is 2.15. The maximum atomic E-state index is 14.2. The molecule has 0 bridgehead atoms. The van der Waals surface area contributed by atoms with Gasteiger partial charge in [0, 0.05) is 25.5 Å². The van der Waals surface area contributed by atoms with Gasteiger partial charge in [0.25, 0.3) is 0 Å². The van der Waals surface area contributed by atoms with Gasteiger partial charge >= 0.3 is 0 Å². The highest BCUT2D eigenvalue weighted by molar-refractivity contribution is 5.37. The average molecular weight is 286 g/mol. The number of rotatable bonds is 5. The second-order valence-corrected chi connectivity index (χ2v) is 4.71. The van der Waals surface area contributed by atoms with Gasteiger partial charge < -0.3 is 14.3 Å². The average Bonchev–Trinajstić information content (AvgIpc) is 3.11. The van der Waals surface area contributed by atoms with Gasteiger partial charge in [-0.15, -0.1) is 0 Å². The van der Waals surface area contributed by atoms with Crippen LogP contribution in [0.25, 0.3) is 5.69 Å². The van der Waals surface area contributed by atoms with Crippen molar-refractivity contribution >= 4 is 0 Å². The van der Waals surface area contributed by atoms with Crippen molar-refractivity contribution in [3.63, 3.8) is 0 Å². The van der Waals surface area contributed by atoms with Crippen LogP contribution in [-0.4, -0.2) is 14.5 Å². The number of aromatic nitrogens is 3. The molecule has 0 radical (unpaired) electrons. The largest absolute Gasteiger partial charge is 0.451 e. The first-order valence-electron chi connectivity index (χ1n) is 6.60. The predicted octanol–water partition coefficient (Wildman–Crippen LogP) is 2.60. The first kappa shape index (κ1) is 13.5. The minimum absolute atomic E-state index is 0.267. The molecule has 0 saturated carbocycles. The highest BCUT2D eigenvalue weighted by Crippen LogP contribution is 2.16. The third-order valence-corrected chi connectivity index (χ3v) is 3.22. The summed E-state index contributed by atoms with van der Waals surface area (Å²) in [5, 5.41) is 3.19. The first-order valence-corrected chi connectivity index (χ1v) is 6.60. The van der Waals surface area contributed by atoms with Gasteiger partial charge in [-0.3, -0.25) is 0 Å². The van der Waals surface area contributed by atoms with E-state index in [0.29, 0.717) is 18.8 Å². The lowest BCUT2D eigenvalue weighted by Crippen LogP contribution is -2.13. The van der Waals surface area contributed by atoms with E-state index >= 15 is 0 Å². The third-order valence-electron chi connectivity index (χ3n) is 3.22. The Labute approximate surface area is 121 Å². The molecule has 3 aromatic rings. The molecule has 0 amide bonds. The molecule has 0 aliphatic rings. The van der Waals surface area contributed by atoms with Crippen LogP contribution in [0.15, 0.2) is 47.7 Å². The Balaban J connectivity index is 1.68. The summed E-state index contributed by atoms with van der Waals surface area (Å²) in [6.45, 7) is 2.99. The van der Waals surface area contributed by atoms with Gasteiger partial charge in [0.15, 0.2) is 6.39 Å². The zero-order valence-electron chi connectivity index (χ0n) is 11.6. The molecule has 1 aromatic carbocycles. The fraction of sp³-hybridized carbons (Fsp3) is 0.200. The number of halogens is 1. The van der Waals surface area contributed by atoms with Crippen molar-refractivity contribution in [1.29, 1.82) is 0 Å². The number of aryl methyl sites for hydroxylation is 1. The van der Waals surface area contributed by atoms with E-state index in [1.54, 1.807) is 29.3 Å². The van der Waals surface area contributed by atoms with Gasteiger partial charge in [-0.05, 0) is 24.6 Å².